The lowest BCUT2D eigenvalue weighted by molar-refractivity contribution is 0.0827. The number of nitrogens with one attached hydrogen (secondary N) is 1. The molecule has 1 aromatic heterocycles. The molecule has 0 unspecified atom stereocenters. The SMILES string of the molecule is CCS(=O)(=O)Nc1cccc(-c2c(C)n(C/C(F)=C/CN)c3ccc(C(=O)N(C)C)cc23)c1.Cl. The molecule has 1 heterocycles. The van der Waals surface area contributed by atoms with Crippen molar-refractivity contribution >= 4 is 44.9 Å². The summed E-state index contributed by atoms with van der Waals surface area (Å²) in [6, 6.07) is 12.4. The maximum atomic E-state index is 14.4. The fourth-order valence-electron chi connectivity index (χ4n) is 3.77. The third-order valence-electron chi connectivity index (χ3n) is 5.43. The van der Waals surface area contributed by atoms with E-state index in [1.54, 1.807) is 51.4 Å². The topological polar surface area (TPSA) is 97.4 Å². The standard InChI is InChI=1S/C24H29FN4O3S.ClH/c1-5-33(31,32)27-20-8-6-7-17(13-20)23-16(2)29(15-19(25)11-12-26)22-10-9-18(14-21(22)23)24(30)28(3)4;/h6-11,13-14,27H,5,12,15,26H2,1-4H3;1H/b19-11-;. The largest absolute Gasteiger partial charge is 0.345 e. The predicted molar refractivity (Wildman–Crippen MR) is 139 cm³/mol. The van der Waals surface area contributed by atoms with Crippen LogP contribution in [0.3, 0.4) is 0 Å². The summed E-state index contributed by atoms with van der Waals surface area (Å²) >= 11 is 0. The fourth-order valence-corrected chi connectivity index (χ4v) is 4.41. The third-order valence-corrected chi connectivity index (χ3v) is 6.74. The monoisotopic (exact) mass is 508 g/mol. The fraction of sp³-hybridized carbons (Fsp3) is 0.292. The van der Waals surface area contributed by atoms with E-state index in [-0.39, 0.29) is 43.0 Å². The number of hydrogen-bond acceptors (Lipinski definition) is 4. The Labute approximate surface area is 205 Å². The van der Waals surface area contributed by atoms with Crippen molar-refractivity contribution in [3.8, 4) is 11.1 Å². The van der Waals surface area contributed by atoms with Gasteiger partial charge >= 0.3 is 0 Å². The molecule has 3 N–H and O–H groups in total. The molecule has 3 rings (SSSR count). The van der Waals surface area contributed by atoms with Crippen LogP contribution in [0.2, 0.25) is 0 Å². The molecule has 0 fully saturated rings. The van der Waals surface area contributed by atoms with Crippen molar-refractivity contribution in [3.63, 3.8) is 0 Å². The van der Waals surface area contributed by atoms with Gasteiger partial charge in [-0.3, -0.25) is 9.52 Å². The molecule has 1 amide bonds. The smallest absolute Gasteiger partial charge is 0.253 e. The van der Waals surface area contributed by atoms with Gasteiger partial charge in [0, 0.05) is 54.1 Å². The molecule has 0 aliphatic heterocycles. The Kier molecular flexibility index (Phi) is 8.88. The second-order valence-corrected chi connectivity index (χ2v) is 9.96. The molecule has 10 heteroatoms. The summed E-state index contributed by atoms with van der Waals surface area (Å²) in [6.07, 6.45) is 1.33. The lowest BCUT2D eigenvalue weighted by atomic mass is 10.00. The first-order valence-corrected chi connectivity index (χ1v) is 12.2. The first kappa shape index (κ1) is 27.4. The van der Waals surface area contributed by atoms with Crippen LogP contribution in [0.25, 0.3) is 22.0 Å². The van der Waals surface area contributed by atoms with Crippen molar-refractivity contribution in [2.24, 2.45) is 5.73 Å². The molecule has 184 valence electrons. The maximum absolute atomic E-state index is 14.4. The lowest BCUT2D eigenvalue weighted by Gasteiger charge is -2.11. The summed E-state index contributed by atoms with van der Waals surface area (Å²) in [4.78, 5) is 14.1. The Morgan fingerprint density at radius 2 is 1.91 bits per heavy atom. The molecule has 34 heavy (non-hydrogen) atoms. The molecule has 3 aromatic rings. The van der Waals surface area contributed by atoms with E-state index in [2.05, 4.69) is 4.72 Å². The van der Waals surface area contributed by atoms with Crippen molar-refractivity contribution in [2.45, 2.75) is 20.4 Å². The maximum Gasteiger partial charge on any atom is 0.253 e. The van der Waals surface area contributed by atoms with Crippen molar-refractivity contribution < 1.29 is 17.6 Å². The number of hydrogen-bond donors (Lipinski definition) is 2. The predicted octanol–water partition coefficient (Wildman–Crippen LogP) is 4.31. The van der Waals surface area contributed by atoms with Gasteiger partial charge in [-0.25, -0.2) is 12.8 Å². The zero-order valence-electron chi connectivity index (χ0n) is 19.6. The zero-order valence-corrected chi connectivity index (χ0v) is 21.3. The molecule has 2 aromatic carbocycles. The first-order chi connectivity index (χ1) is 15.6. The van der Waals surface area contributed by atoms with Crippen LogP contribution in [0.15, 0.2) is 54.4 Å². The van der Waals surface area contributed by atoms with Gasteiger partial charge in [0.2, 0.25) is 10.0 Å². The third kappa shape index (κ3) is 5.78. The summed E-state index contributed by atoms with van der Waals surface area (Å²) in [6.45, 7) is 3.54. The summed E-state index contributed by atoms with van der Waals surface area (Å²) in [5, 5.41) is 0.774. The van der Waals surface area contributed by atoms with Gasteiger partial charge in [0.05, 0.1) is 12.3 Å². The van der Waals surface area contributed by atoms with Crippen molar-refractivity contribution in [2.75, 3.05) is 31.1 Å². The van der Waals surface area contributed by atoms with Gasteiger partial charge < -0.3 is 15.2 Å². The molecule has 0 aliphatic rings. The summed E-state index contributed by atoms with van der Waals surface area (Å²) in [5.41, 5.74) is 9.51. The molecule has 7 nitrogen and oxygen atoms in total. The van der Waals surface area contributed by atoms with Crippen molar-refractivity contribution in [1.82, 2.24) is 9.47 Å². The minimum absolute atomic E-state index is 0. The summed E-state index contributed by atoms with van der Waals surface area (Å²) < 4.78 is 42.9. The molecule has 0 bridgehead atoms. The second kappa shape index (κ2) is 11.0. The molecule has 0 aliphatic carbocycles. The van der Waals surface area contributed by atoms with Crippen LogP contribution in [0.1, 0.15) is 23.0 Å². The number of carbonyl (C=O) groups is 1. The number of amides is 1. The highest BCUT2D eigenvalue weighted by atomic mass is 35.5. The van der Waals surface area contributed by atoms with Crippen LogP contribution in [0.5, 0.6) is 0 Å². The highest BCUT2D eigenvalue weighted by molar-refractivity contribution is 7.92. The number of benzene rings is 2. The van der Waals surface area contributed by atoms with Gasteiger partial charge in [-0.2, -0.15) is 0 Å². The van der Waals surface area contributed by atoms with Crippen molar-refractivity contribution in [1.29, 1.82) is 0 Å². The molecular weight excluding hydrogens is 479 g/mol. The van der Waals surface area contributed by atoms with E-state index < -0.39 is 10.0 Å². The molecule has 0 saturated heterocycles. The van der Waals surface area contributed by atoms with Gasteiger partial charge in [-0.1, -0.05) is 12.1 Å². The number of rotatable bonds is 8. The van der Waals surface area contributed by atoms with Crippen LogP contribution < -0.4 is 10.5 Å². The number of allylic oxidation sites excluding steroid dienone is 1. The van der Waals surface area contributed by atoms with Crippen LogP contribution >= 0.6 is 12.4 Å². The number of halogens is 2. The summed E-state index contributed by atoms with van der Waals surface area (Å²) in [7, 11) is -0.0815. The average molecular weight is 509 g/mol. The van der Waals surface area contributed by atoms with Crippen LogP contribution in [0, 0.1) is 6.92 Å². The van der Waals surface area contributed by atoms with Gasteiger partial charge in [0.1, 0.15) is 5.83 Å². The van der Waals surface area contributed by atoms with Crippen LogP contribution in [-0.2, 0) is 16.6 Å². The highest BCUT2D eigenvalue weighted by Crippen LogP contribution is 2.37. The van der Waals surface area contributed by atoms with E-state index in [1.807, 2.05) is 23.6 Å². The van der Waals surface area contributed by atoms with E-state index in [4.69, 9.17) is 5.73 Å². The summed E-state index contributed by atoms with van der Waals surface area (Å²) in [5.74, 6) is -0.549. The minimum atomic E-state index is -3.44. The minimum Gasteiger partial charge on any atom is -0.345 e. The van der Waals surface area contributed by atoms with Crippen molar-refractivity contribution in [3.05, 3.63) is 65.6 Å². The molecule has 0 atom stereocenters. The van der Waals surface area contributed by atoms with Gasteiger partial charge in [0.15, 0.2) is 0 Å². The molecule has 0 radical (unpaired) electrons. The van der Waals surface area contributed by atoms with E-state index >= 15 is 0 Å². The number of anilines is 1. The average Bonchev–Trinajstić information content (AvgIpc) is 3.03. The number of aromatic nitrogens is 1. The second-order valence-electron chi connectivity index (χ2n) is 7.95. The number of nitrogens with zero attached hydrogens (tertiary/aromatic N) is 2. The Morgan fingerprint density at radius 1 is 1.21 bits per heavy atom. The number of carbonyl (C=O) groups excluding carboxylic acids is 1. The Bertz CT molecular complexity index is 1330. The van der Waals surface area contributed by atoms with Gasteiger partial charge in [-0.15, -0.1) is 12.4 Å². The number of nitrogens with two attached hydrogens (primary N) is 1. The zero-order chi connectivity index (χ0) is 24.3. The molecule has 0 spiro atoms. The molecular formula is C24H30ClFN4O3S. The van der Waals surface area contributed by atoms with Crippen LogP contribution in [0.4, 0.5) is 10.1 Å². The normalized spacial score (nSPS) is 11.9. The quantitative estimate of drug-likeness (QED) is 0.473. The number of fused-ring (bicyclic) bond motifs is 1. The van der Waals surface area contributed by atoms with E-state index in [9.17, 15) is 17.6 Å². The Balaban J connectivity index is 0.00000408. The van der Waals surface area contributed by atoms with Gasteiger partial charge in [-0.05, 0) is 55.8 Å². The molecule has 0 saturated carbocycles. The highest BCUT2D eigenvalue weighted by Gasteiger charge is 2.19. The van der Waals surface area contributed by atoms with Gasteiger partial charge in [0.25, 0.3) is 5.91 Å². The van der Waals surface area contributed by atoms with E-state index in [0.717, 1.165) is 27.7 Å². The van der Waals surface area contributed by atoms with E-state index in [1.165, 1.54) is 11.0 Å². The van der Waals surface area contributed by atoms with Crippen LogP contribution in [-0.4, -0.2) is 50.2 Å². The first-order valence-electron chi connectivity index (χ1n) is 10.6. The Hall–Kier alpha value is -2.88. The van der Waals surface area contributed by atoms with E-state index in [0.29, 0.717) is 11.3 Å². The Morgan fingerprint density at radius 3 is 2.53 bits per heavy atom. The number of sulfonamides is 1. The lowest BCUT2D eigenvalue weighted by Crippen LogP contribution is -2.21.